The number of hydrogen-bond donors (Lipinski definition) is 1. The molecule has 21 heavy (non-hydrogen) atoms. The number of halogens is 3. The summed E-state index contributed by atoms with van der Waals surface area (Å²) in [5, 5.41) is 4.38. The normalized spacial score (nSPS) is 10.7. The first kappa shape index (κ1) is 16.6. The molecule has 0 aliphatic carbocycles. The van der Waals surface area contributed by atoms with Gasteiger partial charge in [-0.3, -0.25) is 0 Å². The van der Waals surface area contributed by atoms with Gasteiger partial charge in [-0.2, -0.15) is 0 Å². The van der Waals surface area contributed by atoms with Crippen LogP contribution in [0.5, 0.6) is 11.5 Å². The van der Waals surface area contributed by atoms with Crippen LogP contribution in [0.4, 0.5) is 0 Å². The molecule has 0 fully saturated rings. The third-order valence-corrected chi connectivity index (χ3v) is 4.51. The summed E-state index contributed by atoms with van der Waals surface area (Å²) in [7, 11) is 0. The van der Waals surface area contributed by atoms with Crippen LogP contribution in [0.25, 0.3) is 0 Å². The lowest BCUT2D eigenvalue weighted by Gasteiger charge is -2.12. The summed E-state index contributed by atoms with van der Waals surface area (Å²) >= 11 is 15.6. The summed E-state index contributed by atoms with van der Waals surface area (Å²) in [6.45, 7) is 5.90. The summed E-state index contributed by atoms with van der Waals surface area (Å²) in [6, 6.07) is 9.54. The Labute approximate surface area is 143 Å². The van der Waals surface area contributed by atoms with E-state index in [1.165, 1.54) is 5.56 Å². The fourth-order valence-corrected chi connectivity index (χ4v) is 2.74. The number of aryl methyl sites for hydroxylation is 1. The van der Waals surface area contributed by atoms with Crippen molar-refractivity contribution in [2.45, 2.75) is 20.4 Å². The SMILES string of the molecule is CCNCc1ccc(Oc2cc(Cl)c(Br)cc2Cl)c(C)c1. The van der Waals surface area contributed by atoms with Crippen molar-refractivity contribution >= 4 is 39.1 Å². The molecule has 0 spiro atoms. The van der Waals surface area contributed by atoms with Crippen molar-refractivity contribution in [3.63, 3.8) is 0 Å². The van der Waals surface area contributed by atoms with Gasteiger partial charge in [0.15, 0.2) is 0 Å². The van der Waals surface area contributed by atoms with Gasteiger partial charge in [0.2, 0.25) is 0 Å². The van der Waals surface area contributed by atoms with Crippen molar-refractivity contribution in [3.05, 3.63) is 56.0 Å². The van der Waals surface area contributed by atoms with Crippen molar-refractivity contribution in [1.29, 1.82) is 0 Å². The van der Waals surface area contributed by atoms with E-state index in [2.05, 4.69) is 34.2 Å². The fraction of sp³-hybridized carbons (Fsp3) is 0.250. The predicted molar refractivity (Wildman–Crippen MR) is 92.8 cm³/mol. The van der Waals surface area contributed by atoms with Gasteiger partial charge in [0, 0.05) is 17.1 Å². The molecule has 0 radical (unpaired) electrons. The topological polar surface area (TPSA) is 21.3 Å². The molecule has 2 aromatic carbocycles. The molecule has 0 atom stereocenters. The summed E-state index contributed by atoms with van der Waals surface area (Å²) in [5.41, 5.74) is 2.28. The molecule has 0 saturated carbocycles. The summed E-state index contributed by atoms with van der Waals surface area (Å²) in [5.74, 6) is 1.32. The lowest BCUT2D eigenvalue weighted by Crippen LogP contribution is -2.11. The van der Waals surface area contributed by atoms with Crippen molar-refractivity contribution in [2.24, 2.45) is 0 Å². The van der Waals surface area contributed by atoms with E-state index in [1.54, 1.807) is 12.1 Å². The van der Waals surface area contributed by atoms with E-state index >= 15 is 0 Å². The maximum absolute atomic E-state index is 6.18. The third kappa shape index (κ3) is 4.36. The van der Waals surface area contributed by atoms with Gasteiger partial charge >= 0.3 is 0 Å². The molecule has 0 aliphatic rings. The van der Waals surface area contributed by atoms with Crippen LogP contribution in [0.1, 0.15) is 18.1 Å². The summed E-state index contributed by atoms with van der Waals surface area (Å²) < 4.78 is 6.63. The molecule has 2 rings (SSSR count). The van der Waals surface area contributed by atoms with Gasteiger partial charge in [0.05, 0.1) is 10.0 Å². The Morgan fingerprint density at radius 1 is 1.10 bits per heavy atom. The Balaban J connectivity index is 2.22. The Morgan fingerprint density at radius 2 is 1.86 bits per heavy atom. The molecule has 0 heterocycles. The molecule has 0 aromatic heterocycles. The molecule has 112 valence electrons. The smallest absolute Gasteiger partial charge is 0.147 e. The van der Waals surface area contributed by atoms with Crippen molar-refractivity contribution in [3.8, 4) is 11.5 Å². The minimum Gasteiger partial charge on any atom is -0.455 e. The second-order valence-corrected chi connectivity index (χ2v) is 6.35. The second-order valence-electron chi connectivity index (χ2n) is 4.68. The molecule has 0 saturated heterocycles. The molecule has 0 aliphatic heterocycles. The van der Waals surface area contributed by atoms with Crippen LogP contribution in [0.15, 0.2) is 34.8 Å². The zero-order valence-corrected chi connectivity index (χ0v) is 14.9. The van der Waals surface area contributed by atoms with Gasteiger partial charge in [-0.1, -0.05) is 42.3 Å². The maximum Gasteiger partial charge on any atom is 0.147 e. The predicted octanol–water partition coefficient (Wildman–Crippen LogP) is 5.97. The lowest BCUT2D eigenvalue weighted by molar-refractivity contribution is 0.478. The van der Waals surface area contributed by atoms with Crippen LogP contribution < -0.4 is 10.1 Å². The molecular weight excluding hydrogens is 373 g/mol. The van der Waals surface area contributed by atoms with E-state index in [-0.39, 0.29) is 0 Å². The lowest BCUT2D eigenvalue weighted by atomic mass is 10.1. The highest BCUT2D eigenvalue weighted by molar-refractivity contribution is 9.10. The van der Waals surface area contributed by atoms with Crippen molar-refractivity contribution in [1.82, 2.24) is 5.32 Å². The highest BCUT2D eigenvalue weighted by Crippen LogP contribution is 2.37. The Hall–Kier alpha value is -0.740. The van der Waals surface area contributed by atoms with Gasteiger partial charge in [0.25, 0.3) is 0 Å². The first-order chi connectivity index (χ1) is 10.0. The standard InChI is InChI=1S/C16H16BrCl2NO/c1-3-20-9-11-4-5-15(10(2)6-11)21-16-8-13(18)12(17)7-14(16)19/h4-8,20H,3,9H2,1-2H3. The molecule has 0 unspecified atom stereocenters. The minimum atomic E-state index is 0.516. The quantitative estimate of drug-likeness (QED) is 0.637. The number of ether oxygens (including phenoxy) is 1. The van der Waals surface area contributed by atoms with E-state index in [9.17, 15) is 0 Å². The monoisotopic (exact) mass is 387 g/mol. The molecule has 2 aromatic rings. The zero-order valence-electron chi connectivity index (χ0n) is 11.8. The van der Waals surface area contributed by atoms with Crippen LogP contribution >= 0.6 is 39.1 Å². The van der Waals surface area contributed by atoms with Gasteiger partial charge in [-0.05, 0) is 52.7 Å². The summed E-state index contributed by atoms with van der Waals surface area (Å²) in [4.78, 5) is 0. The maximum atomic E-state index is 6.18. The number of rotatable bonds is 5. The van der Waals surface area contributed by atoms with Crippen LogP contribution in [0, 0.1) is 6.92 Å². The molecule has 0 amide bonds. The Kier molecular flexibility index (Phi) is 5.94. The van der Waals surface area contributed by atoms with E-state index in [1.807, 2.05) is 19.1 Å². The summed E-state index contributed by atoms with van der Waals surface area (Å²) in [6.07, 6.45) is 0. The Morgan fingerprint density at radius 3 is 2.52 bits per heavy atom. The largest absolute Gasteiger partial charge is 0.455 e. The van der Waals surface area contributed by atoms with Crippen LogP contribution in [-0.4, -0.2) is 6.54 Å². The van der Waals surface area contributed by atoms with Gasteiger partial charge in [-0.15, -0.1) is 0 Å². The number of nitrogens with one attached hydrogen (secondary N) is 1. The second kappa shape index (κ2) is 7.50. The first-order valence-electron chi connectivity index (χ1n) is 6.64. The molecular formula is C16H16BrCl2NO. The van der Waals surface area contributed by atoms with Crippen LogP contribution in [-0.2, 0) is 6.54 Å². The molecule has 5 heteroatoms. The van der Waals surface area contributed by atoms with Crippen LogP contribution in [0.3, 0.4) is 0 Å². The minimum absolute atomic E-state index is 0.516. The highest BCUT2D eigenvalue weighted by atomic mass is 79.9. The van der Waals surface area contributed by atoms with Gasteiger partial charge in [-0.25, -0.2) is 0 Å². The van der Waals surface area contributed by atoms with E-state index in [0.717, 1.165) is 28.9 Å². The fourth-order valence-electron chi connectivity index (χ4n) is 1.91. The van der Waals surface area contributed by atoms with Gasteiger partial charge < -0.3 is 10.1 Å². The van der Waals surface area contributed by atoms with Crippen molar-refractivity contribution in [2.75, 3.05) is 6.54 Å². The Bertz CT molecular complexity index is 646. The highest BCUT2D eigenvalue weighted by Gasteiger charge is 2.09. The average molecular weight is 389 g/mol. The molecule has 1 N–H and O–H groups in total. The zero-order chi connectivity index (χ0) is 15.4. The van der Waals surface area contributed by atoms with E-state index < -0.39 is 0 Å². The van der Waals surface area contributed by atoms with Crippen molar-refractivity contribution < 1.29 is 4.74 Å². The van der Waals surface area contributed by atoms with Gasteiger partial charge in [0.1, 0.15) is 11.5 Å². The van der Waals surface area contributed by atoms with Crippen LogP contribution in [0.2, 0.25) is 10.0 Å². The van der Waals surface area contributed by atoms with E-state index in [0.29, 0.717) is 15.8 Å². The number of hydrogen-bond acceptors (Lipinski definition) is 2. The molecule has 2 nitrogen and oxygen atoms in total. The first-order valence-corrected chi connectivity index (χ1v) is 8.18. The van der Waals surface area contributed by atoms with E-state index in [4.69, 9.17) is 27.9 Å². The molecule has 0 bridgehead atoms. The number of benzene rings is 2. The average Bonchev–Trinajstić information content (AvgIpc) is 2.45. The third-order valence-electron chi connectivity index (χ3n) is 3.01.